The number of amides is 1. The third-order valence-electron chi connectivity index (χ3n) is 2.46. The summed E-state index contributed by atoms with van der Waals surface area (Å²) in [5.41, 5.74) is 7.14. The van der Waals surface area contributed by atoms with Crippen molar-refractivity contribution in [3.8, 4) is 0 Å². The number of para-hydroxylation sites is 1. The van der Waals surface area contributed by atoms with Crippen molar-refractivity contribution in [2.45, 2.75) is 0 Å². The van der Waals surface area contributed by atoms with E-state index in [-0.39, 0.29) is 5.91 Å². The average Bonchev–Trinajstić information content (AvgIpc) is 2.37. The summed E-state index contributed by atoms with van der Waals surface area (Å²) in [5.74, 6) is -0.312. The Balaban J connectivity index is 2.34. The first-order valence-corrected chi connectivity index (χ1v) is 7.26. The fourth-order valence-corrected chi connectivity index (χ4v) is 2.89. The van der Waals surface area contributed by atoms with Crippen LogP contribution in [0.1, 0.15) is 10.4 Å². The van der Waals surface area contributed by atoms with E-state index in [2.05, 4.69) is 37.2 Å². The largest absolute Gasteiger partial charge is 0.398 e. The van der Waals surface area contributed by atoms with Gasteiger partial charge in [0.1, 0.15) is 0 Å². The van der Waals surface area contributed by atoms with Gasteiger partial charge in [-0.1, -0.05) is 17.7 Å². The summed E-state index contributed by atoms with van der Waals surface area (Å²) in [7, 11) is 0. The lowest BCUT2D eigenvalue weighted by molar-refractivity contribution is 0.102. The van der Waals surface area contributed by atoms with Crippen LogP contribution in [0.4, 0.5) is 11.4 Å². The molecule has 2 rings (SSSR count). The number of nitrogens with two attached hydrogens (primary N) is 1. The molecule has 19 heavy (non-hydrogen) atoms. The van der Waals surface area contributed by atoms with Crippen molar-refractivity contribution in [1.29, 1.82) is 0 Å². The lowest BCUT2D eigenvalue weighted by Gasteiger charge is -2.11. The molecule has 0 aliphatic heterocycles. The molecule has 3 nitrogen and oxygen atoms in total. The highest BCUT2D eigenvalue weighted by Crippen LogP contribution is 2.31. The van der Waals surface area contributed by atoms with Gasteiger partial charge in [0.05, 0.1) is 11.3 Å². The molecule has 0 aliphatic rings. The Kier molecular flexibility index (Phi) is 4.50. The second-order valence-corrected chi connectivity index (χ2v) is 5.93. The van der Waals surface area contributed by atoms with E-state index in [1.54, 1.807) is 12.1 Å². The molecule has 0 bridgehead atoms. The van der Waals surface area contributed by atoms with Crippen LogP contribution in [0, 0.1) is 0 Å². The van der Waals surface area contributed by atoms with E-state index in [0.29, 0.717) is 22.0 Å². The third kappa shape index (κ3) is 3.29. The van der Waals surface area contributed by atoms with Crippen molar-refractivity contribution in [2.75, 3.05) is 11.1 Å². The van der Waals surface area contributed by atoms with E-state index in [9.17, 15) is 4.79 Å². The summed E-state index contributed by atoms with van der Waals surface area (Å²) in [6, 6.07) is 10.3. The molecule has 0 saturated heterocycles. The number of rotatable bonds is 2. The Morgan fingerprint density at radius 2 is 1.79 bits per heavy atom. The van der Waals surface area contributed by atoms with Crippen LogP contribution in [0.2, 0.25) is 5.02 Å². The number of benzene rings is 2. The number of carbonyl (C=O) groups is 1. The first kappa shape index (κ1) is 14.4. The van der Waals surface area contributed by atoms with Gasteiger partial charge in [0.25, 0.3) is 5.91 Å². The topological polar surface area (TPSA) is 55.1 Å². The molecule has 0 radical (unpaired) electrons. The molecule has 0 aliphatic carbocycles. The molecule has 6 heteroatoms. The maximum absolute atomic E-state index is 12.2. The van der Waals surface area contributed by atoms with E-state index in [1.807, 2.05) is 18.2 Å². The Morgan fingerprint density at radius 3 is 2.42 bits per heavy atom. The van der Waals surface area contributed by atoms with Crippen LogP contribution >= 0.6 is 43.5 Å². The number of hydrogen-bond acceptors (Lipinski definition) is 2. The van der Waals surface area contributed by atoms with Gasteiger partial charge in [-0.3, -0.25) is 4.79 Å². The van der Waals surface area contributed by atoms with Crippen molar-refractivity contribution in [1.82, 2.24) is 0 Å². The standard InChI is InChI=1S/C13H9Br2ClN2O/c14-9-2-1-3-10(15)12(9)18-13(19)8-6-7(16)4-5-11(8)17/h1-6H,17H2,(H,18,19). The lowest BCUT2D eigenvalue weighted by Crippen LogP contribution is -2.14. The molecule has 0 unspecified atom stereocenters. The first-order chi connectivity index (χ1) is 8.99. The van der Waals surface area contributed by atoms with Gasteiger partial charge >= 0.3 is 0 Å². The Labute approximate surface area is 132 Å². The monoisotopic (exact) mass is 402 g/mol. The van der Waals surface area contributed by atoms with E-state index < -0.39 is 0 Å². The molecule has 1 amide bonds. The lowest BCUT2D eigenvalue weighted by atomic mass is 10.1. The number of carbonyl (C=O) groups excluding carboxylic acids is 1. The molecule has 0 atom stereocenters. The fraction of sp³-hybridized carbons (Fsp3) is 0. The minimum atomic E-state index is -0.312. The SMILES string of the molecule is Nc1ccc(Cl)cc1C(=O)Nc1c(Br)cccc1Br. The van der Waals surface area contributed by atoms with Gasteiger partial charge in [-0.25, -0.2) is 0 Å². The van der Waals surface area contributed by atoms with Crippen LogP contribution in [0.3, 0.4) is 0 Å². The van der Waals surface area contributed by atoms with Crippen molar-refractivity contribution < 1.29 is 4.79 Å². The highest BCUT2D eigenvalue weighted by molar-refractivity contribution is 9.11. The second-order valence-electron chi connectivity index (χ2n) is 3.78. The van der Waals surface area contributed by atoms with Crippen LogP contribution in [0.5, 0.6) is 0 Å². The summed E-state index contributed by atoms with van der Waals surface area (Å²) in [5, 5.41) is 3.25. The Bertz CT molecular complexity index is 626. The van der Waals surface area contributed by atoms with E-state index in [4.69, 9.17) is 17.3 Å². The van der Waals surface area contributed by atoms with Gasteiger partial charge in [-0.15, -0.1) is 0 Å². The number of hydrogen-bond donors (Lipinski definition) is 2. The molecule has 0 saturated carbocycles. The number of halogens is 3. The molecule has 98 valence electrons. The van der Waals surface area contributed by atoms with Crippen molar-refractivity contribution in [2.24, 2.45) is 0 Å². The average molecular weight is 404 g/mol. The van der Waals surface area contributed by atoms with Crippen LogP contribution in [0.15, 0.2) is 45.3 Å². The smallest absolute Gasteiger partial charge is 0.257 e. The first-order valence-electron chi connectivity index (χ1n) is 5.29. The second kappa shape index (κ2) is 5.94. The minimum Gasteiger partial charge on any atom is -0.398 e. The van der Waals surface area contributed by atoms with E-state index >= 15 is 0 Å². The third-order valence-corrected chi connectivity index (χ3v) is 4.02. The van der Waals surface area contributed by atoms with Gasteiger partial charge in [0.2, 0.25) is 0 Å². The fourth-order valence-electron chi connectivity index (χ4n) is 1.52. The van der Waals surface area contributed by atoms with E-state index in [0.717, 1.165) is 8.95 Å². The summed E-state index contributed by atoms with van der Waals surface area (Å²) in [6.45, 7) is 0. The highest BCUT2D eigenvalue weighted by atomic mass is 79.9. The van der Waals surface area contributed by atoms with Crippen LogP contribution in [-0.4, -0.2) is 5.91 Å². The molecule has 3 N–H and O–H groups in total. The predicted octanol–water partition coefficient (Wildman–Crippen LogP) is 4.70. The van der Waals surface area contributed by atoms with Gasteiger partial charge in [0, 0.05) is 19.7 Å². The van der Waals surface area contributed by atoms with Gasteiger partial charge < -0.3 is 11.1 Å². The molecular weight excluding hydrogens is 395 g/mol. The van der Waals surface area contributed by atoms with Crippen molar-refractivity contribution in [3.05, 3.63) is 55.9 Å². The Morgan fingerprint density at radius 1 is 1.16 bits per heavy atom. The quantitative estimate of drug-likeness (QED) is 0.713. The maximum Gasteiger partial charge on any atom is 0.257 e. The van der Waals surface area contributed by atoms with Crippen LogP contribution in [0.25, 0.3) is 0 Å². The minimum absolute atomic E-state index is 0.312. The molecule has 0 spiro atoms. The zero-order chi connectivity index (χ0) is 14.0. The van der Waals surface area contributed by atoms with Crippen LogP contribution < -0.4 is 11.1 Å². The number of nitrogens with one attached hydrogen (secondary N) is 1. The maximum atomic E-state index is 12.2. The van der Waals surface area contributed by atoms with Crippen LogP contribution in [-0.2, 0) is 0 Å². The normalized spacial score (nSPS) is 10.3. The summed E-state index contributed by atoms with van der Waals surface area (Å²) < 4.78 is 1.55. The van der Waals surface area contributed by atoms with Gasteiger partial charge in [-0.05, 0) is 62.2 Å². The predicted molar refractivity (Wildman–Crippen MR) is 85.7 cm³/mol. The Hall–Kier alpha value is -1.04. The van der Waals surface area contributed by atoms with Crippen molar-refractivity contribution in [3.63, 3.8) is 0 Å². The summed E-state index contributed by atoms with van der Waals surface area (Å²) in [6.07, 6.45) is 0. The summed E-state index contributed by atoms with van der Waals surface area (Å²) >= 11 is 12.6. The molecular formula is C13H9Br2ClN2O. The summed E-state index contributed by atoms with van der Waals surface area (Å²) in [4.78, 5) is 12.2. The van der Waals surface area contributed by atoms with Crippen molar-refractivity contribution >= 4 is 60.7 Å². The highest BCUT2D eigenvalue weighted by Gasteiger charge is 2.13. The zero-order valence-electron chi connectivity index (χ0n) is 9.58. The number of nitrogen functional groups attached to an aromatic ring is 1. The molecule has 0 heterocycles. The number of anilines is 2. The van der Waals surface area contributed by atoms with E-state index in [1.165, 1.54) is 6.07 Å². The molecule has 2 aromatic rings. The van der Waals surface area contributed by atoms with Gasteiger partial charge in [0.15, 0.2) is 0 Å². The molecule has 0 aromatic heterocycles. The molecule has 0 fully saturated rings. The molecule has 2 aromatic carbocycles. The zero-order valence-corrected chi connectivity index (χ0v) is 13.5. The van der Waals surface area contributed by atoms with Gasteiger partial charge in [-0.2, -0.15) is 0 Å².